The van der Waals surface area contributed by atoms with E-state index in [4.69, 9.17) is 5.84 Å². The number of aromatic nitrogens is 2. The number of likely N-dealkylation sites (N-methyl/N-ethyl adjacent to an activating group) is 1. The summed E-state index contributed by atoms with van der Waals surface area (Å²) in [6.45, 7) is 6.13. The lowest BCUT2D eigenvalue weighted by Gasteiger charge is -2.22. The van der Waals surface area contributed by atoms with E-state index in [1.165, 1.54) is 11.5 Å². The Bertz CT molecular complexity index is 313. The number of hydrogen-bond acceptors (Lipinski definition) is 7. The highest BCUT2D eigenvalue weighted by Gasteiger charge is 2.12. The molecule has 0 aliphatic heterocycles. The van der Waals surface area contributed by atoms with Crippen LogP contribution in [0.25, 0.3) is 0 Å². The Balaban J connectivity index is 2.53. The molecule has 0 spiro atoms. The summed E-state index contributed by atoms with van der Waals surface area (Å²) in [5.74, 6) is 5.42. The first-order valence-corrected chi connectivity index (χ1v) is 6.59. The topological polar surface area (TPSA) is 70.3 Å². The molecule has 1 aromatic heterocycles. The summed E-state index contributed by atoms with van der Waals surface area (Å²) in [6, 6.07) is 0. The van der Waals surface area contributed by atoms with Gasteiger partial charge in [-0.25, -0.2) is 5.84 Å². The maximum atomic E-state index is 5.42. The summed E-state index contributed by atoms with van der Waals surface area (Å²) in [4.78, 5) is 4.56. The summed E-state index contributed by atoms with van der Waals surface area (Å²) in [5, 5.41) is 4.96. The summed E-state index contributed by atoms with van der Waals surface area (Å²) in [7, 11) is 4.17. The Hall–Kier alpha value is -0.760. The van der Waals surface area contributed by atoms with Crippen LogP contribution in [0.2, 0.25) is 0 Å². The average Bonchev–Trinajstić information content (AvgIpc) is 2.73. The highest BCUT2D eigenvalue weighted by atomic mass is 32.1. The Morgan fingerprint density at radius 3 is 2.65 bits per heavy atom. The summed E-state index contributed by atoms with van der Waals surface area (Å²) in [5.41, 5.74) is 3.58. The third kappa shape index (κ3) is 4.95. The van der Waals surface area contributed by atoms with Gasteiger partial charge in [-0.2, -0.15) is 0 Å². The molecular formula is C10H22N6S. The van der Waals surface area contributed by atoms with E-state index in [1.54, 1.807) is 0 Å². The number of rotatable bonds is 8. The van der Waals surface area contributed by atoms with Crippen molar-refractivity contribution in [3.05, 3.63) is 5.69 Å². The van der Waals surface area contributed by atoms with Gasteiger partial charge in [0.1, 0.15) is 10.7 Å². The van der Waals surface area contributed by atoms with Crippen LogP contribution in [0.15, 0.2) is 0 Å². The molecular weight excluding hydrogens is 236 g/mol. The minimum absolute atomic E-state index is 0.803. The minimum Gasteiger partial charge on any atom is -0.313 e. The Morgan fingerprint density at radius 2 is 2.06 bits per heavy atom. The van der Waals surface area contributed by atoms with Crippen molar-refractivity contribution in [2.45, 2.75) is 19.9 Å². The number of nitrogens with zero attached hydrogens (tertiary/aromatic N) is 4. The predicted octanol–water partition coefficient (Wildman–Crippen LogP) is 0.597. The first-order chi connectivity index (χ1) is 8.17. The second-order valence-electron chi connectivity index (χ2n) is 4.27. The van der Waals surface area contributed by atoms with E-state index in [2.05, 4.69) is 45.8 Å². The van der Waals surface area contributed by atoms with Crippen molar-refractivity contribution < 1.29 is 0 Å². The molecule has 3 N–H and O–H groups in total. The van der Waals surface area contributed by atoms with E-state index in [0.717, 1.165) is 43.3 Å². The molecule has 98 valence electrons. The molecule has 0 radical (unpaired) electrons. The predicted molar refractivity (Wildman–Crippen MR) is 71.8 cm³/mol. The SMILES string of the molecule is CCCN(CCN(C)C)Cc1nnsc1NN. The first-order valence-electron chi connectivity index (χ1n) is 5.82. The third-order valence-corrected chi connectivity index (χ3v) is 3.16. The quantitative estimate of drug-likeness (QED) is 0.525. The second-order valence-corrected chi connectivity index (χ2v) is 5.03. The first kappa shape index (κ1) is 14.3. The molecule has 1 aromatic rings. The van der Waals surface area contributed by atoms with Crippen LogP contribution in [0, 0.1) is 0 Å². The Morgan fingerprint density at radius 1 is 1.29 bits per heavy atom. The fourth-order valence-electron chi connectivity index (χ4n) is 1.56. The van der Waals surface area contributed by atoms with Gasteiger partial charge in [-0.15, -0.1) is 5.10 Å². The lowest BCUT2D eigenvalue weighted by molar-refractivity contribution is 0.232. The third-order valence-electron chi connectivity index (χ3n) is 2.46. The molecule has 0 aliphatic rings. The van der Waals surface area contributed by atoms with Gasteiger partial charge in [-0.1, -0.05) is 11.4 Å². The van der Waals surface area contributed by atoms with Gasteiger partial charge in [0.25, 0.3) is 0 Å². The van der Waals surface area contributed by atoms with Crippen molar-refractivity contribution >= 4 is 16.5 Å². The van der Waals surface area contributed by atoms with Gasteiger partial charge in [-0.3, -0.25) is 4.90 Å². The van der Waals surface area contributed by atoms with Crippen LogP contribution in [0.3, 0.4) is 0 Å². The molecule has 0 bridgehead atoms. The van der Waals surface area contributed by atoms with Crippen LogP contribution in [0.4, 0.5) is 5.00 Å². The van der Waals surface area contributed by atoms with Gasteiger partial charge in [0, 0.05) is 31.2 Å². The molecule has 6 nitrogen and oxygen atoms in total. The lowest BCUT2D eigenvalue weighted by Crippen LogP contribution is -2.32. The van der Waals surface area contributed by atoms with E-state index >= 15 is 0 Å². The fraction of sp³-hybridized carbons (Fsp3) is 0.800. The molecule has 0 saturated heterocycles. The zero-order valence-electron chi connectivity index (χ0n) is 10.8. The number of anilines is 1. The van der Waals surface area contributed by atoms with Crippen molar-refractivity contribution in [2.75, 3.05) is 39.2 Å². The number of nitrogen functional groups attached to an aromatic ring is 1. The van der Waals surface area contributed by atoms with Crippen LogP contribution in [0.5, 0.6) is 0 Å². The van der Waals surface area contributed by atoms with Crippen molar-refractivity contribution in [1.29, 1.82) is 0 Å². The molecule has 0 atom stereocenters. The molecule has 1 rings (SSSR count). The van der Waals surface area contributed by atoms with Crippen molar-refractivity contribution in [3.8, 4) is 0 Å². The number of hydrazine groups is 1. The molecule has 0 saturated carbocycles. The van der Waals surface area contributed by atoms with Crippen LogP contribution < -0.4 is 11.3 Å². The molecule has 17 heavy (non-hydrogen) atoms. The van der Waals surface area contributed by atoms with Gasteiger partial charge >= 0.3 is 0 Å². The van der Waals surface area contributed by atoms with Crippen LogP contribution in [-0.4, -0.2) is 53.1 Å². The fourth-order valence-corrected chi connectivity index (χ4v) is 2.05. The van der Waals surface area contributed by atoms with Gasteiger partial charge in [-0.05, 0) is 27.1 Å². The molecule has 0 aliphatic carbocycles. The number of hydrogen-bond donors (Lipinski definition) is 2. The van der Waals surface area contributed by atoms with Gasteiger partial charge in [0.05, 0.1) is 0 Å². The maximum Gasteiger partial charge on any atom is 0.148 e. The summed E-state index contributed by atoms with van der Waals surface area (Å²) < 4.78 is 3.91. The van der Waals surface area contributed by atoms with Crippen LogP contribution in [0.1, 0.15) is 19.0 Å². The summed E-state index contributed by atoms with van der Waals surface area (Å²) in [6.07, 6.45) is 1.14. The highest BCUT2D eigenvalue weighted by molar-refractivity contribution is 7.10. The van der Waals surface area contributed by atoms with Crippen molar-refractivity contribution in [2.24, 2.45) is 5.84 Å². The minimum atomic E-state index is 0.803. The van der Waals surface area contributed by atoms with E-state index in [1.807, 2.05) is 0 Å². The molecule has 0 fully saturated rings. The standard InChI is InChI=1S/C10H22N6S/c1-4-5-16(7-6-15(2)3)8-9-10(12-11)17-14-13-9/h12H,4-8,11H2,1-3H3. The monoisotopic (exact) mass is 258 g/mol. The average molecular weight is 258 g/mol. The normalized spacial score (nSPS) is 11.4. The van der Waals surface area contributed by atoms with Crippen molar-refractivity contribution in [3.63, 3.8) is 0 Å². The van der Waals surface area contributed by atoms with E-state index in [9.17, 15) is 0 Å². The number of nitrogens with one attached hydrogen (secondary N) is 1. The van der Waals surface area contributed by atoms with Gasteiger partial charge < -0.3 is 10.3 Å². The van der Waals surface area contributed by atoms with E-state index in [-0.39, 0.29) is 0 Å². The van der Waals surface area contributed by atoms with E-state index in [0.29, 0.717) is 0 Å². The second kappa shape index (κ2) is 7.54. The van der Waals surface area contributed by atoms with Crippen LogP contribution >= 0.6 is 11.5 Å². The van der Waals surface area contributed by atoms with E-state index < -0.39 is 0 Å². The lowest BCUT2D eigenvalue weighted by atomic mass is 10.3. The zero-order valence-corrected chi connectivity index (χ0v) is 11.6. The largest absolute Gasteiger partial charge is 0.313 e. The number of nitrogens with two attached hydrogens (primary N) is 1. The van der Waals surface area contributed by atoms with Gasteiger partial charge in [0.15, 0.2) is 0 Å². The smallest absolute Gasteiger partial charge is 0.148 e. The molecule has 7 heteroatoms. The molecule has 1 heterocycles. The molecule has 0 unspecified atom stereocenters. The van der Waals surface area contributed by atoms with Crippen LogP contribution in [-0.2, 0) is 6.54 Å². The Kier molecular flexibility index (Phi) is 6.35. The highest BCUT2D eigenvalue weighted by Crippen LogP contribution is 2.17. The zero-order chi connectivity index (χ0) is 12.7. The molecule has 0 amide bonds. The summed E-state index contributed by atoms with van der Waals surface area (Å²) >= 11 is 1.30. The maximum absolute atomic E-state index is 5.42. The Labute approximate surface area is 107 Å². The van der Waals surface area contributed by atoms with Gasteiger partial charge in [0.2, 0.25) is 0 Å². The molecule has 0 aromatic carbocycles. The van der Waals surface area contributed by atoms with Crippen molar-refractivity contribution in [1.82, 2.24) is 19.4 Å².